The maximum atomic E-state index is 13.2. The fraction of sp³-hybridized carbons (Fsp3) is 0.655. The number of hydrogen-bond donors (Lipinski definition) is 1. The molecule has 1 aromatic rings. The minimum atomic E-state index is -0.537. The first-order chi connectivity index (χ1) is 17.0. The molecule has 0 radical (unpaired) electrons. The van der Waals surface area contributed by atoms with Crippen molar-refractivity contribution in [1.82, 2.24) is 10.2 Å². The molecule has 1 aromatic carbocycles. The van der Waals surface area contributed by atoms with Gasteiger partial charge in [0.05, 0.1) is 17.6 Å². The van der Waals surface area contributed by atoms with Crippen LogP contribution in [0.15, 0.2) is 18.2 Å². The van der Waals surface area contributed by atoms with Gasteiger partial charge in [0.1, 0.15) is 6.54 Å². The van der Waals surface area contributed by atoms with Crippen LogP contribution in [0.25, 0.3) is 0 Å². The topological polar surface area (TPSA) is 67.9 Å². The lowest BCUT2D eigenvalue weighted by molar-refractivity contribution is -0.199. The van der Waals surface area contributed by atoms with E-state index in [0.29, 0.717) is 24.8 Å². The van der Waals surface area contributed by atoms with Gasteiger partial charge in [0.2, 0.25) is 5.91 Å². The quantitative estimate of drug-likeness (QED) is 0.437. The van der Waals surface area contributed by atoms with Gasteiger partial charge in [-0.3, -0.25) is 9.59 Å². The maximum Gasteiger partial charge on any atom is 0.482 e. The molecule has 1 aliphatic heterocycles. The number of amides is 2. The molecule has 4 fully saturated rings. The normalized spacial score (nSPS) is 28.3. The van der Waals surface area contributed by atoms with Gasteiger partial charge >= 0.3 is 7.12 Å². The molecule has 5 rings (SSSR count). The van der Waals surface area contributed by atoms with E-state index in [1.807, 2.05) is 6.92 Å². The average molecular weight is 494 g/mol. The summed E-state index contributed by atoms with van der Waals surface area (Å²) >= 11 is 0. The second-order valence-electron chi connectivity index (χ2n) is 11.7. The molecular weight excluding hydrogens is 451 g/mol. The Morgan fingerprint density at radius 2 is 2.03 bits per heavy atom. The van der Waals surface area contributed by atoms with Crippen LogP contribution in [0.4, 0.5) is 0 Å². The largest absolute Gasteiger partial charge is 0.482 e. The fourth-order valence-electron chi connectivity index (χ4n) is 6.73. The van der Waals surface area contributed by atoms with E-state index in [9.17, 15) is 9.59 Å². The molecule has 0 unspecified atom stereocenters. The van der Waals surface area contributed by atoms with Crippen molar-refractivity contribution in [2.45, 2.75) is 91.8 Å². The summed E-state index contributed by atoms with van der Waals surface area (Å²) in [6.45, 7) is 15.1. The standard InChI is InChI=1S/C29H41BN2O4.H2/c1-8-10-27(34)32(13-9-2)18-26(33)31-25(15-21-12-11-19(3)14-20(21)4)30-35-24-17-22-16-23(28(22,5)6)29(24,7)36-30;/h11-12,14,22-25H,9,13,15-18H2,1-7H3,(H,31,33);1H/t22-,23-,24+,25-,29-;/m0./s1. The van der Waals surface area contributed by atoms with Gasteiger partial charge in [0, 0.05) is 7.97 Å². The number of aryl methyl sites for hydroxylation is 2. The average Bonchev–Trinajstić information content (AvgIpc) is 3.17. The maximum absolute atomic E-state index is 13.2. The Morgan fingerprint density at radius 1 is 1.28 bits per heavy atom. The molecule has 1 heterocycles. The van der Waals surface area contributed by atoms with Crippen LogP contribution >= 0.6 is 0 Å². The summed E-state index contributed by atoms with van der Waals surface area (Å²) in [4.78, 5) is 27.2. The van der Waals surface area contributed by atoms with Gasteiger partial charge in [-0.2, -0.15) is 0 Å². The molecule has 1 saturated heterocycles. The van der Waals surface area contributed by atoms with E-state index in [0.717, 1.165) is 18.4 Å². The number of carbonyl (C=O) groups excluding carboxylic acids is 2. The Labute approximate surface area is 218 Å². The van der Waals surface area contributed by atoms with E-state index in [1.54, 1.807) is 6.92 Å². The Balaban J connectivity index is 0.00000380. The summed E-state index contributed by atoms with van der Waals surface area (Å²) in [7, 11) is -0.537. The molecule has 2 amide bonds. The van der Waals surface area contributed by atoms with Crippen LogP contribution in [0.2, 0.25) is 0 Å². The van der Waals surface area contributed by atoms with E-state index in [2.05, 4.69) is 70.0 Å². The third kappa shape index (κ3) is 4.95. The summed E-state index contributed by atoms with van der Waals surface area (Å²) in [6, 6.07) is 6.38. The summed E-state index contributed by atoms with van der Waals surface area (Å²) < 4.78 is 13.3. The van der Waals surface area contributed by atoms with E-state index < -0.39 is 7.12 Å². The van der Waals surface area contributed by atoms with Gasteiger partial charge < -0.3 is 19.5 Å². The van der Waals surface area contributed by atoms with Gasteiger partial charge in [0.25, 0.3) is 5.91 Å². The van der Waals surface area contributed by atoms with Crippen molar-refractivity contribution in [3.05, 3.63) is 34.9 Å². The van der Waals surface area contributed by atoms with Gasteiger partial charge in [-0.25, -0.2) is 0 Å². The molecule has 5 atom stereocenters. The second-order valence-corrected chi connectivity index (χ2v) is 11.7. The van der Waals surface area contributed by atoms with Crippen LogP contribution in [-0.4, -0.2) is 54.6 Å². The third-order valence-electron chi connectivity index (χ3n) is 8.93. The first kappa shape index (κ1) is 26.8. The zero-order valence-corrected chi connectivity index (χ0v) is 22.9. The molecule has 196 valence electrons. The van der Waals surface area contributed by atoms with Crippen LogP contribution in [0.5, 0.6) is 0 Å². The SMILES string of the molecule is CC#CC(=O)N(CCC)CC(=O)N[C@@H](Cc1ccc(C)cc1C)B1O[C@@H]2C[C@@H]3C[C@@H](C3(C)C)[C@]2(C)O1.[HH]. The van der Waals surface area contributed by atoms with Crippen LogP contribution < -0.4 is 5.32 Å². The van der Waals surface area contributed by atoms with Crippen LogP contribution in [-0.2, 0) is 25.3 Å². The van der Waals surface area contributed by atoms with Crippen molar-refractivity contribution in [2.24, 2.45) is 17.3 Å². The molecule has 2 bridgehead atoms. The number of nitrogens with zero attached hydrogens (tertiary/aromatic N) is 1. The number of hydrogen-bond acceptors (Lipinski definition) is 4. The van der Waals surface area contributed by atoms with Crippen molar-refractivity contribution >= 4 is 18.9 Å². The molecule has 7 heteroatoms. The molecule has 3 aliphatic carbocycles. The van der Waals surface area contributed by atoms with Gasteiger partial charge in [-0.15, -0.1) is 0 Å². The first-order valence-corrected chi connectivity index (χ1v) is 13.4. The van der Waals surface area contributed by atoms with E-state index >= 15 is 0 Å². The van der Waals surface area contributed by atoms with Crippen LogP contribution in [0.3, 0.4) is 0 Å². The van der Waals surface area contributed by atoms with Crippen molar-refractivity contribution in [3.8, 4) is 11.8 Å². The predicted molar refractivity (Wildman–Crippen MR) is 144 cm³/mol. The van der Waals surface area contributed by atoms with E-state index in [4.69, 9.17) is 9.31 Å². The molecular formula is C29H43BN2O4. The van der Waals surface area contributed by atoms with E-state index in [1.165, 1.54) is 22.4 Å². The monoisotopic (exact) mass is 494 g/mol. The predicted octanol–water partition coefficient (Wildman–Crippen LogP) is 4.11. The zero-order valence-electron chi connectivity index (χ0n) is 22.9. The Bertz CT molecular complexity index is 1080. The first-order valence-electron chi connectivity index (χ1n) is 13.4. The minimum Gasteiger partial charge on any atom is -0.404 e. The van der Waals surface area contributed by atoms with E-state index in [-0.39, 0.29) is 42.8 Å². The van der Waals surface area contributed by atoms with Crippen molar-refractivity contribution < 1.29 is 20.3 Å². The summed E-state index contributed by atoms with van der Waals surface area (Å²) in [5.74, 6) is 5.40. The molecule has 6 nitrogen and oxygen atoms in total. The van der Waals surface area contributed by atoms with Crippen molar-refractivity contribution in [2.75, 3.05) is 13.1 Å². The Morgan fingerprint density at radius 3 is 2.67 bits per heavy atom. The second kappa shape index (κ2) is 10.2. The highest BCUT2D eigenvalue weighted by Crippen LogP contribution is 2.65. The number of nitrogens with one attached hydrogen (secondary N) is 1. The highest BCUT2D eigenvalue weighted by atomic mass is 16.7. The summed E-state index contributed by atoms with van der Waals surface area (Å²) in [5, 5.41) is 3.18. The molecule has 4 aliphatic rings. The van der Waals surface area contributed by atoms with Crippen LogP contribution in [0.1, 0.15) is 72.0 Å². The minimum absolute atomic E-state index is 0. The van der Waals surface area contributed by atoms with Gasteiger partial charge in [-0.1, -0.05) is 50.5 Å². The third-order valence-corrected chi connectivity index (χ3v) is 8.93. The molecule has 3 saturated carbocycles. The lowest BCUT2D eigenvalue weighted by Gasteiger charge is -2.64. The molecule has 0 spiro atoms. The fourth-order valence-corrected chi connectivity index (χ4v) is 6.73. The highest BCUT2D eigenvalue weighted by Gasteiger charge is 2.68. The summed E-state index contributed by atoms with van der Waals surface area (Å²) in [6.07, 6.45) is 3.56. The lowest BCUT2D eigenvalue weighted by Crippen LogP contribution is -2.65. The Hall–Kier alpha value is -2.30. The summed E-state index contributed by atoms with van der Waals surface area (Å²) in [5.41, 5.74) is 3.43. The highest BCUT2D eigenvalue weighted by molar-refractivity contribution is 6.48. The molecule has 36 heavy (non-hydrogen) atoms. The molecule has 0 aromatic heterocycles. The number of benzene rings is 1. The lowest BCUT2D eigenvalue weighted by atomic mass is 9.43. The number of carbonyl (C=O) groups is 2. The zero-order chi connectivity index (χ0) is 26.3. The number of rotatable bonds is 8. The Kier molecular flexibility index (Phi) is 7.60. The smallest absolute Gasteiger partial charge is 0.404 e. The van der Waals surface area contributed by atoms with Gasteiger partial charge in [0.15, 0.2) is 0 Å². The van der Waals surface area contributed by atoms with Crippen molar-refractivity contribution in [1.29, 1.82) is 0 Å². The van der Waals surface area contributed by atoms with Crippen molar-refractivity contribution in [3.63, 3.8) is 0 Å². The van der Waals surface area contributed by atoms with Crippen LogP contribution in [0, 0.1) is 42.9 Å². The molecule has 1 N–H and O–H groups in total. The van der Waals surface area contributed by atoms with Gasteiger partial charge in [-0.05, 0) is 87.7 Å².